The van der Waals surface area contributed by atoms with Gasteiger partial charge in [0.15, 0.2) is 0 Å². The van der Waals surface area contributed by atoms with E-state index in [2.05, 4.69) is 15.5 Å². The highest BCUT2D eigenvalue weighted by atomic mass is 16.2. The van der Waals surface area contributed by atoms with E-state index in [0.29, 0.717) is 6.54 Å². The number of hydrogen-bond acceptors (Lipinski definition) is 4. The van der Waals surface area contributed by atoms with Crippen LogP contribution in [0.25, 0.3) is 0 Å². The van der Waals surface area contributed by atoms with Gasteiger partial charge >= 0.3 is 0 Å². The van der Waals surface area contributed by atoms with Gasteiger partial charge in [-0.15, -0.1) is 5.10 Å². The lowest BCUT2D eigenvalue weighted by molar-refractivity contribution is -0.142. The molecule has 1 aromatic carbocycles. The minimum atomic E-state index is -0.620. The van der Waals surface area contributed by atoms with Crippen molar-refractivity contribution in [1.82, 2.24) is 25.1 Å². The van der Waals surface area contributed by atoms with E-state index < -0.39 is 5.54 Å². The molecule has 1 fully saturated rings. The third kappa shape index (κ3) is 2.73. The molecule has 6 heteroatoms. The van der Waals surface area contributed by atoms with Crippen LogP contribution in [0.4, 0.5) is 0 Å². The molecule has 0 aliphatic heterocycles. The van der Waals surface area contributed by atoms with Crippen LogP contribution in [0, 0.1) is 0 Å². The molecule has 1 heterocycles. The molecule has 2 aromatic rings. The van der Waals surface area contributed by atoms with E-state index in [0.717, 1.165) is 31.2 Å². The van der Waals surface area contributed by atoms with Crippen LogP contribution in [0.3, 0.4) is 0 Å². The Kier molecular flexibility index (Phi) is 4.18. The average Bonchev–Trinajstić information content (AvgIpc) is 3.11. The zero-order valence-electron chi connectivity index (χ0n) is 12.9. The van der Waals surface area contributed by atoms with Crippen LogP contribution in [0.2, 0.25) is 0 Å². The van der Waals surface area contributed by atoms with Crippen LogP contribution in [-0.2, 0) is 16.9 Å². The Bertz CT molecular complexity index is 605. The Morgan fingerprint density at radius 3 is 2.59 bits per heavy atom. The molecule has 22 heavy (non-hydrogen) atoms. The zero-order chi connectivity index (χ0) is 15.4. The second-order valence-corrected chi connectivity index (χ2v) is 5.99. The molecular formula is C16H21N5O. The van der Waals surface area contributed by atoms with Crippen molar-refractivity contribution in [2.24, 2.45) is 0 Å². The quantitative estimate of drug-likeness (QED) is 0.866. The fourth-order valence-corrected chi connectivity index (χ4v) is 3.32. The van der Waals surface area contributed by atoms with Crippen molar-refractivity contribution in [2.45, 2.75) is 44.2 Å². The minimum absolute atomic E-state index is 0.100. The fourth-order valence-electron chi connectivity index (χ4n) is 3.32. The van der Waals surface area contributed by atoms with E-state index in [1.165, 1.54) is 6.42 Å². The third-order valence-electron chi connectivity index (χ3n) is 4.48. The monoisotopic (exact) mass is 299 g/mol. The summed E-state index contributed by atoms with van der Waals surface area (Å²) in [7, 11) is 1.86. The molecule has 1 aromatic heterocycles. The maximum Gasteiger partial charge on any atom is 0.250 e. The van der Waals surface area contributed by atoms with Gasteiger partial charge in [-0.1, -0.05) is 49.6 Å². The van der Waals surface area contributed by atoms with Gasteiger partial charge in [0, 0.05) is 13.6 Å². The number of rotatable bonds is 4. The van der Waals surface area contributed by atoms with Crippen molar-refractivity contribution in [3.8, 4) is 0 Å². The van der Waals surface area contributed by atoms with Crippen LogP contribution in [0.1, 0.15) is 37.7 Å². The van der Waals surface area contributed by atoms with Crippen LogP contribution in [0.15, 0.2) is 36.7 Å². The lowest BCUT2D eigenvalue weighted by Gasteiger charge is -2.38. The van der Waals surface area contributed by atoms with Gasteiger partial charge < -0.3 is 4.90 Å². The van der Waals surface area contributed by atoms with Gasteiger partial charge in [0.1, 0.15) is 11.9 Å². The highest BCUT2D eigenvalue weighted by Gasteiger charge is 2.44. The molecule has 6 nitrogen and oxygen atoms in total. The van der Waals surface area contributed by atoms with Crippen molar-refractivity contribution in [3.63, 3.8) is 0 Å². The number of carbonyl (C=O) groups excluding carboxylic acids is 1. The number of carbonyl (C=O) groups is 1. The number of tetrazole rings is 1. The fraction of sp³-hybridized carbons (Fsp3) is 0.500. The molecule has 1 aliphatic rings. The van der Waals surface area contributed by atoms with Gasteiger partial charge in [0.05, 0.1) is 0 Å². The maximum atomic E-state index is 13.1. The summed E-state index contributed by atoms with van der Waals surface area (Å²) >= 11 is 0. The van der Waals surface area contributed by atoms with Crippen molar-refractivity contribution in [2.75, 3.05) is 7.05 Å². The lowest BCUT2D eigenvalue weighted by atomic mass is 9.80. The van der Waals surface area contributed by atoms with Crippen LogP contribution < -0.4 is 0 Å². The summed E-state index contributed by atoms with van der Waals surface area (Å²) in [5, 5.41) is 11.5. The average molecular weight is 299 g/mol. The van der Waals surface area contributed by atoms with Gasteiger partial charge in [-0.2, -0.15) is 0 Å². The Balaban J connectivity index is 1.83. The van der Waals surface area contributed by atoms with Crippen molar-refractivity contribution < 1.29 is 4.79 Å². The molecule has 0 bridgehead atoms. The van der Waals surface area contributed by atoms with Crippen molar-refractivity contribution in [1.29, 1.82) is 0 Å². The summed E-state index contributed by atoms with van der Waals surface area (Å²) in [5.74, 6) is 0.100. The molecule has 0 N–H and O–H groups in total. The molecular weight excluding hydrogens is 278 g/mol. The number of hydrogen-bond donors (Lipinski definition) is 0. The molecule has 0 spiro atoms. The van der Waals surface area contributed by atoms with Crippen LogP contribution >= 0.6 is 0 Å². The van der Waals surface area contributed by atoms with Gasteiger partial charge in [-0.25, -0.2) is 4.68 Å². The second kappa shape index (κ2) is 6.25. The Hall–Kier alpha value is -2.24. The minimum Gasteiger partial charge on any atom is -0.339 e. The molecule has 1 aliphatic carbocycles. The van der Waals surface area contributed by atoms with E-state index in [1.807, 2.05) is 37.4 Å². The first kappa shape index (κ1) is 14.7. The summed E-state index contributed by atoms with van der Waals surface area (Å²) in [6.07, 6.45) is 6.40. The van der Waals surface area contributed by atoms with Gasteiger partial charge in [0.2, 0.25) is 0 Å². The number of benzene rings is 1. The summed E-state index contributed by atoms with van der Waals surface area (Å²) in [4.78, 5) is 14.9. The zero-order valence-corrected chi connectivity index (χ0v) is 12.9. The topological polar surface area (TPSA) is 63.9 Å². The molecule has 1 saturated carbocycles. The second-order valence-electron chi connectivity index (χ2n) is 5.99. The van der Waals surface area contributed by atoms with E-state index in [1.54, 1.807) is 15.9 Å². The molecule has 116 valence electrons. The molecule has 1 amide bonds. The number of aromatic nitrogens is 4. The highest BCUT2D eigenvalue weighted by Crippen LogP contribution is 2.35. The summed E-state index contributed by atoms with van der Waals surface area (Å²) in [6, 6.07) is 10.0. The highest BCUT2D eigenvalue weighted by molar-refractivity contribution is 5.84. The molecule has 0 radical (unpaired) electrons. The van der Waals surface area contributed by atoms with Gasteiger partial charge in [0.25, 0.3) is 5.91 Å². The molecule has 0 unspecified atom stereocenters. The number of nitrogens with zero attached hydrogens (tertiary/aromatic N) is 5. The summed E-state index contributed by atoms with van der Waals surface area (Å²) < 4.78 is 1.66. The Labute approximate surface area is 130 Å². The van der Waals surface area contributed by atoms with Crippen LogP contribution in [0.5, 0.6) is 0 Å². The van der Waals surface area contributed by atoms with Crippen LogP contribution in [-0.4, -0.2) is 38.1 Å². The van der Waals surface area contributed by atoms with E-state index in [9.17, 15) is 4.79 Å². The normalized spacial score (nSPS) is 17.1. The number of likely N-dealkylation sites (N-methyl/N-ethyl adjacent to an activating group) is 1. The Morgan fingerprint density at radius 1 is 1.23 bits per heavy atom. The predicted octanol–water partition coefficient (Wildman–Crippen LogP) is 1.99. The SMILES string of the molecule is CN(Cc1ccccc1)C(=O)C1(n2cnnn2)CCCCC1. The molecule has 3 rings (SSSR count). The first-order valence-corrected chi connectivity index (χ1v) is 7.75. The van der Waals surface area contributed by atoms with E-state index in [4.69, 9.17) is 0 Å². The first-order chi connectivity index (χ1) is 10.7. The van der Waals surface area contributed by atoms with Crippen molar-refractivity contribution in [3.05, 3.63) is 42.2 Å². The van der Waals surface area contributed by atoms with Gasteiger partial charge in [-0.05, 0) is 28.8 Å². The lowest BCUT2D eigenvalue weighted by Crippen LogP contribution is -2.50. The molecule has 0 atom stereocenters. The Morgan fingerprint density at radius 2 is 1.95 bits per heavy atom. The third-order valence-corrected chi connectivity index (χ3v) is 4.48. The van der Waals surface area contributed by atoms with E-state index >= 15 is 0 Å². The largest absolute Gasteiger partial charge is 0.339 e. The van der Waals surface area contributed by atoms with Crippen molar-refractivity contribution >= 4 is 5.91 Å². The standard InChI is InChI=1S/C16H21N5O/c1-20(12-14-8-4-2-5-9-14)15(22)16(10-6-3-7-11-16)21-13-17-18-19-21/h2,4-5,8-9,13H,3,6-7,10-12H2,1H3. The van der Waals surface area contributed by atoms with Gasteiger partial charge in [-0.3, -0.25) is 4.79 Å². The maximum absolute atomic E-state index is 13.1. The van der Waals surface area contributed by atoms with E-state index in [-0.39, 0.29) is 5.91 Å². The first-order valence-electron chi connectivity index (χ1n) is 7.75. The molecule has 0 saturated heterocycles. The summed E-state index contributed by atoms with van der Waals surface area (Å²) in [6.45, 7) is 0.601. The number of amides is 1. The summed E-state index contributed by atoms with van der Waals surface area (Å²) in [5.41, 5.74) is 0.506. The predicted molar refractivity (Wildman–Crippen MR) is 81.8 cm³/mol. The smallest absolute Gasteiger partial charge is 0.250 e.